The van der Waals surface area contributed by atoms with Crippen LogP contribution >= 0.6 is 0 Å². The standard InChI is InChI=1S/C9H14N2/c1-8(5-6-10-2)11-7-9-3-4-9/h5-6,9,11H,1-4,7H2/b6-5-. The molecule has 0 bridgehead atoms. The van der Waals surface area contributed by atoms with Crippen molar-refractivity contribution in [2.75, 3.05) is 6.54 Å². The molecule has 0 spiro atoms. The second-order valence-electron chi connectivity index (χ2n) is 2.85. The summed E-state index contributed by atoms with van der Waals surface area (Å²) in [7, 11) is 0. The van der Waals surface area contributed by atoms with Crippen LogP contribution in [0.5, 0.6) is 0 Å². The van der Waals surface area contributed by atoms with Crippen LogP contribution in [0.3, 0.4) is 0 Å². The van der Waals surface area contributed by atoms with E-state index >= 15 is 0 Å². The Morgan fingerprint density at radius 1 is 1.64 bits per heavy atom. The highest BCUT2D eigenvalue weighted by molar-refractivity contribution is 5.27. The van der Waals surface area contributed by atoms with E-state index in [9.17, 15) is 0 Å². The summed E-state index contributed by atoms with van der Waals surface area (Å²) in [4.78, 5) is 3.59. The Hall–Kier alpha value is -1.05. The highest BCUT2D eigenvalue weighted by Gasteiger charge is 2.20. The summed E-state index contributed by atoms with van der Waals surface area (Å²) in [5.41, 5.74) is 0.921. The van der Waals surface area contributed by atoms with Crippen molar-refractivity contribution in [3.8, 4) is 0 Å². The molecule has 1 aliphatic rings. The number of hydrogen-bond donors (Lipinski definition) is 1. The summed E-state index contributed by atoms with van der Waals surface area (Å²) in [5, 5.41) is 3.21. The number of rotatable bonds is 5. The van der Waals surface area contributed by atoms with Crippen molar-refractivity contribution >= 4 is 6.72 Å². The van der Waals surface area contributed by atoms with Gasteiger partial charge in [-0.05, 0) is 31.6 Å². The topological polar surface area (TPSA) is 24.4 Å². The third-order valence-corrected chi connectivity index (χ3v) is 1.70. The van der Waals surface area contributed by atoms with Crippen molar-refractivity contribution in [1.29, 1.82) is 0 Å². The summed E-state index contributed by atoms with van der Waals surface area (Å²) in [5.74, 6) is 0.886. The van der Waals surface area contributed by atoms with E-state index in [0.717, 1.165) is 18.2 Å². The van der Waals surface area contributed by atoms with Gasteiger partial charge in [0, 0.05) is 18.4 Å². The Morgan fingerprint density at radius 2 is 2.36 bits per heavy atom. The van der Waals surface area contributed by atoms with Gasteiger partial charge in [-0.2, -0.15) is 0 Å². The lowest BCUT2D eigenvalue weighted by Crippen LogP contribution is -2.13. The second kappa shape index (κ2) is 3.96. The van der Waals surface area contributed by atoms with Crippen LogP contribution in [-0.4, -0.2) is 13.3 Å². The van der Waals surface area contributed by atoms with Crippen LogP contribution in [0.25, 0.3) is 0 Å². The highest BCUT2D eigenvalue weighted by atomic mass is 14.9. The van der Waals surface area contributed by atoms with Crippen molar-refractivity contribution in [1.82, 2.24) is 5.32 Å². The van der Waals surface area contributed by atoms with Gasteiger partial charge in [-0.25, -0.2) is 0 Å². The van der Waals surface area contributed by atoms with Gasteiger partial charge in [0.15, 0.2) is 0 Å². The van der Waals surface area contributed by atoms with Crippen molar-refractivity contribution in [3.05, 3.63) is 24.6 Å². The first-order chi connectivity index (χ1) is 5.33. The summed E-state index contributed by atoms with van der Waals surface area (Å²) in [6, 6.07) is 0. The van der Waals surface area contributed by atoms with Gasteiger partial charge in [-0.15, -0.1) is 0 Å². The highest BCUT2D eigenvalue weighted by Crippen LogP contribution is 2.27. The zero-order chi connectivity index (χ0) is 8.10. The van der Waals surface area contributed by atoms with Crippen molar-refractivity contribution in [2.24, 2.45) is 10.9 Å². The maximum atomic E-state index is 3.81. The zero-order valence-electron chi connectivity index (χ0n) is 6.71. The SMILES string of the molecule is C=N/C=C\C(=C)NCC1CC1. The smallest absolute Gasteiger partial charge is 0.0282 e. The average molecular weight is 150 g/mol. The molecule has 0 unspecified atom stereocenters. The normalized spacial score (nSPS) is 16.7. The molecule has 1 N–H and O–H groups in total. The quantitative estimate of drug-likeness (QED) is 0.468. The number of aliphatic imine (C=N–C) groups is 1. The van der Waals surface area contributed by atoms with Crippen molar-refractivity contribution in [3.63, 3.8) is 0 Å². The lowest BCUT2D eigenvalue weighted by atomic mass is 10.4. The minimum Gasteiger partial charge on any atom is -0.385 e. The molecule has 1 fully saturated rings. The summed E-state index contributed by atoms with van der Waals surface area (Å²) < 4.78 is 0. The Labute approximate surface area is 67.7 Å². The van der Waals surface area contributed by atoms with Crippen LogP contribution in [0.15, 0.2) is 29.5 Å². The largest absolute Gasteiger partial charge is 0.385 e. The monoisotopic (exact) mass is 150 g/mol. The predicted octanol–water partition coefficient (Wildman–Crippen LogP) is 1.71. The van der Waals surface area contributed by atoms with Gasteiger partial charge < -0.3 is 5.32 Å². The van der Waals surface area contributed by atoms with E-state index in [1.165, 1.54) is 12.8 Å². The van der Waals surface area contributed by atoms with E-state index in [4.69, 9.17) is 0 Å². The molecule has 60 valence electrons. The molecule has 0 amide bonds. The van der Waals surface area contributed by atoms with Crippen molar-refractivity contribution < 1.29 is 0 Å². The van der Waals surface area contributed by atoms with E-state index < -0.39 is 0 Å². The molecule has 0 heterocycles. The molecule has 0 atom stereocenters. The van der Waals surface area contributed by atoms with Crippen molar-refractivity contribution in [2.45, 2.75) is 12.8 Å². The van der Waals surface area contributed by atoms with Gasteiger partial charge in [0.25, 0.3) is 0 Å². The van der Waals surface area contributed by atoms with Crippen LogP contribution in [0.4, 0.5) is 0 Å². The second-order valence-corrected chi connectivity index (χ2v) is 2.85. The van der Waals surface area contributed by atoms with E-state index in [1.807, 2.05) is 6.08 Å². The molecule has 0 aromatic heterocycles. The Morgan fingerprint density at radius 3 is 2.91 bits per heavy atom. The van der Waals surface area contributed by atoms with Crippen LogP contribution in [0.2, 0.25) is 0 Å². The molecule has 0 aromatic rings. The molecular formula is C9H14N2. The number of nitrogens with zero attached hydrogens (tertiary/aromatic N) is 1. The van der Waals surface area contributed by atoms with Gasteiger partial charge in [-0.3, -0.25) is 4.99 Å². The maximum Gasteiger partial charge on any atom is 0.0282 e. The molecule has 11 heavy (non-hydrogen) atoms. The molecule has 1 saturated carbocycles. The fourth-order valence-electron chi connectivity index (χ4n) is 0.799. The molecule has 0 aromatic carbocycles. The first-order valence-electron chi connectivity index (χ1n) is 3.88. The third-order valence-electron chi connectivity index (χ3n) is 1.70. The fourth-order valence-corrected chi connectivity index (χ4v) is 0.799. The zero-order valence-corrected chi connectivity index (χ0v) is 6.71. The minimum atomic E-state index is 0.886. The van der Waals surface area contributed by atoms with Gasteiger partial charge in [0.1, 0.15) is 0 Å². The van der Waals surface area contributed by atoms with E-state index in [-0.39, 0.29) is 0 Å². The van der Waals surface area contributed by atoms with Gasteiger partial charge >= 0.3 is 0 Å². The molecular weight excluding hydrogens is 136 g/mol. The maximum absolute atomic E-state index is 3.81. The molecule has 0 radical (unpaired) electrons. The van der Waals surface area contributed by atoms with Crippen LogP contribution in [-0.2, 0) is 0 Å². The molecule has 1 aliphatic carbocycles. The lowest BCUT2D eigenvalue weighted by Gasteiger charge is -2.02. The molecule has 1 rings (SSSR count). The van der Waals surface area contributed by atoms with E-state index in [2.05, 4.69) is 23.6 Å². The summed E-state index contributed by atoms with van der Waals surface area (Å²) >= 11 is 0. The fraction of sp³-hybridized carbons (Fsp3) is 0.444. The Kier molecular flexibility index (Phi) is 2.90. The Bertz CT molecular complexity index is 178. The van der Waals surface area contributed by atoms with Gasteiger partial charge in [-0.1, -0.05) is 6.58 Å². The van der Waals surface area contributed by atoms with Gasteiger partial charge in [0.2, 0.25) is 0 Å². The van der Waals surface area contributed by atoms with E-state index in [1.54, 1.807) is 6.20 Å². The number of hydrogen-bond acceptors (Lipinski definition) is 2. The van der Waals surface area contributed by atoms with Crippen LogP contribution in [0.1, 0.15) is 12.8 Å². The number of allylic oxidation sites excluding steroid dienone is 1. The number of nitrogens with one attached hydrogen (secondary N) is 1. The summed E-state index contributed by atoms with van der Waals surface area (Å²) in [6.45, 7) is 8.20. The van der Waals surface area contributed by atoms with Gasteiger partial charge in [0.05, 0.1) is 0 Å². The molecule has 2 heteroatoms. The lowest BCUT2D eigenvalue weighted by molar-refractivity contribution is 0.729. The predicted molar refractivity (Wildman–Crippen MR) is 48.6 cm³/mol. The minimum absolute atomic E-state index is 0.886. The van der Waals surface area contributed by atoms with Crippen LogP contribution < -0.4 is 5.32 Å². The molecule has 2 nitrogen and oxygen atoms in total. The summed E-state index contributed by atoms with van der Waals surface area (Å²) in [6.07, 6.45) is 6.20. The molecule has 0 saturated heterocycles. The first kappa shape index (κ1) is 8.05. The third kappa shape index (κ3) is 3.61. The average Bonchev–Trinajstić information content (AvgIpc) is 2.80. The van der Waals surface area contributed by atoms with Crippen LogP contribution in [0, 0.1) is 5.92 Å². The Balaban J connectivity index is 2.08. The first-order valence-corrected chi connectivity index (χ1v) is 3.88. The van der Waals surface area contributed by atoms with E-state index in [0.29, 0.717) is 0 Å². The molecule has 0 aliphatic heterocycles.